The number of carbonyl (C=O) groups excluding carboxylic acids is 1. The molecule has 0 aliphatic rings. The normalized spacial score (nSPS) is 9.42. The number of ether oxygens (including phenoxy) is 1. The van der Waals surface area contributed by atoms with E-state index in [2.05, 4.69) is 14.9 Å². The van der Waals surface area contributed by atoms with Crippen molar-refractivity contribution in [1.82, 2.24) is 10.2 Å². The van der Waals surface area contributed by atoms with Crippen LogP contribution in [0.2, 0.25) is 0 Å². The van der Waals surface area contributed by atoms with E-state index in [4.69, 9.17) is 0 Å². The summed E-state index contributed by atoms with van der Waals surface area (Å²) in [7, 11) is 0. The number of aromatic nitrogens is 2. The minimum Gasteiger partial charge on any atom is -0.462 e. The van der Waals surface area contributed by atoms with Gasteiger partial charge in [-0.15, -0.1) is 0 Å². The maximum atomic E-state index is 11.0. The lowest BCUT2D eigenvalue weighted by molar-refractivity contribution is 0.0525. The second-order valence-electron chi connectivity index (χ2n) is 2.05. The van der Waals surface area contributed by atoms with Crippen LogP contribution in [0.25, 0.3) is 0 Å². The molecule has 0 amide bonds. The first-order valence-electron chi connectivity index (χ1n) is 3.46. The average Bonchev–Trinajstić information content (AvgIpc) is 2.05. The fraction of sp³-hybridized carbons (Fsp3) is 0.286. The van der Waals surface area contributed by atoms with Crippen LogP contribution in [0.3, 0.4) is 0 Å². The second-order valence-corrected chi connectivity index (χ2v) is 2.05. The fourth-order valence-electron chi connectivity index (χ4n) is 0.702. The van der Waals surface area contributed by atoms with Gasteiger partial charge in [0, 0.05) is 6.07 Å². The summed E-state index contributed by atoms with van der Waals surface area (Å²) in [5.41, 5.74) is -0.249. The highest BCUT2D eigenvalue weighted by atomic mass is 16.5. The molecule has 0 spiro atoms. The second kappa shape index (κ2) is 3.66. The molecule has 1 heterocycles. The molecular weight excluding hydrogens is 160 g/mol. The zero-order valence-corrected chi connectivity index (χ0v) is 6.53. The molecule has 1 aromatic rings. The summed E-state index contributed by atoms with van der Waals surface area (Å²) in [6.07, 6.45) is 1.25. The first kappa shape index (κ1) is 8.45. The third-order valence-electron chi connectivity index (χ3n) is 1.18. The highest BCUT2D eigenvalue weighted by Crippen LogP contribution is 1.93. The van der Waals surface area contributed by atoms with Gasteiger partial charge in [-0.1, -0.05) is 0 Å². The lowest BCUT2D eigenvalue weighted by Gasteiger charge is -1.98. The van der Waals surface area contributed by atoms with E-state index < -0.39 is 11.5 Å². The number of hydrogen-bond acceptors (Lipinski definition) is 4. The number of nitrogens with one attached hydrogen (secondary N) is 1. The fourth-order valence-corrected chi connectivity index (χ4v) is 0.702. The van der Waals surface area contributed by atoms with Crippen LogP contribution in [0.1, 0.15) is 17.3 Å². The Morgan fingerprint density at radius 3 is 3.08 bits per heavy atom. The predicted molar refractivity (Wildman–Crippen MR) is 40.8 cm³/mol. The van der Waals surface area contributed by atoms with Gasteiger partial charge in [-0.25, -0.2) is 9.89 Å². The van der Waals surface area contributed by atoms with Gasteiger partial charge in [0.05, 0.1) is 18.4 Å². The smallest absolute Gasteiger partial charge is 0.339 e. The Hall–Kier alpha value is -1.65. The van der Waals surface area contributed by atoms with Crippen LogP contribution < -0.4 is 5.56 Å². The van der Waals surface area contributed by atoms with Crippen LogP contribution in [0.15, 0.2) is 17.1 Å². The highest BCUT2D eigenvalue weighted by Gasteiger charge is 2.05. The van der Waals surface area contributed by atoms with Crippen LogP contribution in [0.5, 0.6) is 0 Å². The Bertz CT molecular complexity index is 331. The lowest BCUT2D eigenvalue weighted by atomic mass is 10.3. The zero-order valence-electron chi connectivity index (χ0n) is 6.53. The maximum Gasteiger partial charge on any atom is 0.339 e. The van der Waals surface area contributed by atoms with Crippen LogP contribution in [-0.2, 0) is 4.74 Å². The molecule has 0 aliphatic heterocycles. The Balaban J connectivity index is 2.88. The Kier molecular flexibility index (Phi) is 2.57. The zero-order chi connectivity index (χ0) is 8.97. The van der Waals surface area contributed by atoms with E-state index in [0.29, 0.717) is 0 Å². The van der Waals surface area contributed by atoms with Crippen molar-refractivity contribution in [2.75, 3.05) is 6.61 Å². The van der Waals surface area contributed by atoms with Crippen molar-refractivity contribution in [1.29, 1.82) is 0 Å². The van der Waals surface area contributed by atoms with Crippen molar-refractivity contribution < 1.29 is 9.53 Å². The molecule has 1 aromatic heterocycles. The summed E-state index contributed by atoms with van der Waals surface area (Å²) in [6, 6.07) is 1.14. The summed E-state index contributed by atoms with van der Waals surface area (Å²) >= 11 is 0. The molecule has 5 heteroatoms. The molecule has 1 N–H and O–H groups in total. The highest BCUT2D eigenvalue weighted by molar-refractivity contribution is 5.88. The molecule has 0 saturated heterocycles. The number of H-pyrrole nitrogens is 1. The Morgan fingerprint density at radius 2 is 2.50 bits per heavy atom. The molecule has 0 fully saturated rings. The van der Waals surface area contributed by atoms with Crippen molar-refractivity contribution in [3.8, 4) is 0 Å². The minimum atomic E-state index is -0.531. The molecule has 64 valence electrons. The number of nitrogens with zero attached hydrogens (tertiary/aromatic N) is 1. The van der Waals surface area contributed by atoms with Gasteiger partial charge in [-0.2, -0.15) is 5.10 Å². The Morgan fingerprint density at radius 1 is 1.75 bits per heavy atom. The van der Waals surface area contributed by atoms with Crippen molar-refractivity contribution in [2.45, 2.75) is 6.92 Å². The molecule has 12 heavy (non-hydrogen) atoms. The average molecular weight is 168 g/mol. The van der Waals surface area contributed by atoms with Crippen LogP contribution in [0.4, 0.5) is 0 Å². The van der Waals surface area contributed by atoms with E-state index in [9.17, 15) is 9.59 Å². The van der Waals surface area contributed by atoms with Gasteiger partial charge in [0.1, 0.15) is 0 Å². The van der Waals surface area contributed by atoms with E-state index >= 15 is 0 Å². The molecule has 0 unspecified atom stereocenters. The third kappa shape index (κ3) is 1.91. The standard InChI is InChI=1S/C7H8N2O3/c1-2-12-7(11)5-3-6(10)9-8-4-5/h3-4H,2H2,1H3,(H,9,10). The number of rotatable bonds is 2. The molecular formula is C7H8N2O3. The van der Waals surface area contributed by atoms with Gasteiger partial charge in [0.15, 0.2) is 0 Å². The number of hydrogen-bond donors (Lipinski definition) is 1. The molecule has 0 radical (unpaired) electrons. The van der Waals surface area contributed by atoms with Crippen molar-refractivity contribution in [3.63, 3.8) is 0 Å². The van der Waals surface area contributed by atoms with E-state index in [1.165, 1.54) is 6.20 Å². The molecule has 0 saturated carbocycles. The van der Waals surface area contributed by atoms with E-state index in [0.717, 1.165) is 6.07 Å². The molecule has 0 atom stereocenters. The molecule has 1 rings (SSSR count). The summed E-state index contributed by atoms with van der Waals surface area (Å²) < 4.78 is 4.65. The first-order valence-corrected chi connectivity index (χ1v) is 3.46. The van der Waals surface area contributed by atoms with Gasteiger partial charge < -0.3 is 4.74 Å². The monoisotopic (exact) mass is 168 g/mol. The van der Waals surface area contributed by atoms with Gasteiger partial charge in [-0.3, -0.25) is 4.79 Å². The quantitative estimate of drug-likeness (QED) is 0.628. The van der Waals surface area contributed by atoms with Crippen LogP contribution in [-0.4, -0.2) is 22.8 Å². The first-order chi connectivity index (χ1) is 5.74. The number of esters is 1. The molecule has 0 aliphatic carbocycles. The van der Waals surface area contributed by atoms with Crippen LogP contribution >= 0.6 is 0 Å². The number of carbonyl (C=O) groups is 1. The third-order valence-corrected chi connectivity index (χ3v) is 1.18. The summed E-state index contributed by atoms with van der Waals surface area (Å²) in [6.45, 7) is 1.98. The van der Waals surface area contributed by atoms with E-state index in [1.54, 1.807) is 6.92 Å². The SMILES string of the molecule is CCOC(=O)c1cn[nH]c(=O)c1. The van der Waals surface area contributed by atoms with Gasteiger partial charge in [0.25, 0.3) is 5.56 Å². The molecule has 0 aromatic carbocycles. The summed E-state index contributed by atoms with van der Waals surface area (Å²) in [4.78, 5) is 21.7. The van der Waals surface area contributed by atoms with Crippen molar-refractivity contribution >= 4 is 5.97 Å². The van der Waals surface area contributed by atoms with Gasteiger partial charge >= 0.3 is 5.97 Å². The van der Waals surface area contributed by atoms with Crippen molar-refractivity contribution in [3.05, 3.63) is 28.2 Å². The van der Waals surface area contributed by atoms with Gasteiger partial charge in [-0.05, 0) is 6.92 Å². The topological polar surface area (TPSA) is 72.0 Å². The maximum absolute atomic E-state index is 11.0. The summed E-state index contributed by atoms with van der Waals surface area (Å²) in [5.74, 6) is -0.531. The van der Waals surface area contributed by atoms with Crippen molar-refractivity contribution in [2.24, 2.45) is 0 Å². The van der Waals surface area contributed by atoms with Crippen LogP contribution in [0, 0.1) is 0 Å². The summed E-state index contributed by atoms with van der Waals surface area (Å²) in [5, 5.41) is 5.60. The Labute approximate surface area is 68.4 Å². The van der Waals surface area contributed by atoms with E-state index in [-0.39, 0.29) is 12.2 Å². The number of aromatic amines is 1. The van der Waals surface area contributed by atoms with Gasteiger partial charge in [0.2, 0.25) is 0 Å². The lowest BCUT2D eigenvalue weighted by Crippen LogP contribution is -2.12. The van der Waals surface area contributed by atoms with E-state index in [1.807, 2.05) is 0 Å². The predicted octanol–water partition coefficient (Wildman–Crippen LogP) is -0.0534. The minimum absolute atomic E-state index is 0.167. The largest absolute Gasteiger partial charge is 0.462 e. The molecule has 0 bridgehead atoms. The molecule has 5 nitrogen and oxygen atoms in total.